The minimum atomic E-state index is -0.222. The Hall–Kier alpha value is -2.03. The predicted octanol–water partition coefficient (Wildman–Crippen LogP) is 3.85. The van der Waals surface area contributed by atoms with Gasteiger partial charge in [0.05, 0.1) is 13.2 Å². The van der Waals surface area contributed by atoms with Crippen LogP contribution in [0, 0.1) is 5.82 Å². The zero-order valence-electron chi connectivity index (χ0n) is 15.7. The quantitative estimate of drug-likeness (QED) is 0.301. The van der Waals surface area contributed by atoms with E-state index in [0.29, 0.717) is 37.8 Å². The average Bonchev–Trinajstić information content (AvgIpc) is 2.62. The molecule has 0 atom stereocenters. The summed E-state index contributed by atoms with van der Waals surface area (Å²) < 4.78 is 18.6. The summed E-state index contributed by atoms with van der Waals surface area (Å²) in [6, 6.07) is 11.8. The van der Waals surface area contributed by atoms with Crippen molar-refractivity contribution >= 4 is 29.9 Å². The number of guanidine groups is 1. The summed E-state index contributed by atoms with van der Waals surface area (Å²) in [5, 5.41) is 16.2. The smallest absolute Gasteiger partial charge is 0.191 e. The summed E-state index contributed by atoms with van der Waals surface area (Å²) in [4.78, 5) is 4.55. The van der Waals surface area contributed by atoms with Gasteiger partial charge < -0.3 is 20.5 Å². The number of phenolic OH excluding ortho intramolecular Hbond substituents is 1. The van der Waals surface area contributed by atoms with Gasteiger partial charge in [-0.05, 0) is 55.7 Å². The van der Waals surface area contributed by atoms with E-state index in [4.69, 9.17) is 4.74 Å². The highest BCUT2D eigenvalue weighted by Gasteiger charge is 2.04. The van der Waals surface area contributed by atoms with Crippen LogP contribution in [0.3, 0.4) is 0 Å². The van der Waals surface area contributed by atoms with Crippen molar-refractivity contribution in [3.63, 3.8) is 0 Å². The standard InChI is InChI=1S/C20H26FN3O2.HI/c1-3-22-20(23-11-10-15-6-5-7-17(21)12-15)24-14-16-8-9-18(25)19(13-16)26-4-2;/h5-9,12-13,25H,3-4,10-11,14H2,1-2H3,(H2,22,23,24);1H. The first-order chi connectivity index (χ1) is 12.6. The van der Waals surface area contributed by atoms with Crippen LogP contribution in [0.1, 0.15) is 25.0 Å². The molecule has 0 saturated carbocycles. The molecular formula is C20H27FIN3O2. The van der Waals surface area contributed by atoms with Crippen molar-refractivity contribution in [2.24, 2.45) is 4.99 Å². The van der Waals surface area contributed by atoms with E-state index in [1.807, 2.05) is 26.0 Å². The molecule has 148 valence electrons. The number of aliphatic imine (C=N–C) groups is 1. The lowest BCUT2D eigenvalue weighted by Gasteiger charge is -2.12. The van der Waals surface area contributed by atoms with Gasteiger partial charge in [-0.2, -0.15) is 0 Å². The van der Waals surface area contributed by atoms with E-state index < -0.39 is 0 Å². The second-order valence-electron chi connectivity index (χ2n) is 5.74. The third-order valence-corrected chi connectivity index (χ3v) is 3.68. The molecule has 2 aromatic rings. The third kappa shape index (κ3) is 8.03. The number of aromatic hydroxyl groups is 1. The molecule has 0 aliphatic heterocycles. The van der Waals surface area contributed by atoms with E-state index >= 15 is 0 Å². The average molecular weight is 487 g/mol. The maximum atomic E-state index is 13.2. The van der Waals surface area contributed by atoms with Crippen LogP contribution in [0.5, 0.6) is 11.5 Å². The molecule has 2 aromatic carbocycles. The largest absolute Gasteiger partial charge is 0.504 e. The minimum Gasteiger partial charge on any atom is -0.504 e. The highest BCUT2D eigenvalue weighted by atomic mass is 127. The molecule has 3 N–H and O–H groups in total. The number of hydrogen-bond donors (Lipinski definition) is 3. The second kappa shape index (κ2) is 12.4. The van der Waals surface area contributed by atoms with E-state index in [-0.39, 0.29) is 35.5 Å². The van der Waals surface area contributed by atoms with Gasteiger partial charge in [0.1, 0.15) is 5.82 Å². The maximum Gasteiger partial charge on any atom is 0.191 e. The summed E-state index contributed by atoms with van der Waals surface area (Å²) in [6.07, 6.45) is 0.704. The van der Waals surface area contributed by atoms with Crippen LogP contribution in [0.2, 0.25) is 0 Å². The summed E-state index contributed by atoms with van der Waals surface area (Å²) >= 11 is 0. The molecule has 5 nitrogen and oxygen atoms in total. The van der Waals surface area contributed by atoms with Gasteiger partial charge in [-0.15, -0.1) is 24.0 Å². The van der Waals surface area contributed by atoms with Crippen LogP contribution < -0.4 is 15.4 Å². The number of rotatable bonds is 8. The number of benzene rings is 2. The first-order valence-electron chi connectivity index (χ1n) is 8.83. The zero-order valence-corrected chi connectivity index (χ0v) is 18.0. The molecule has 27 heavy (non-hydrogen) atoms. The number of phenols is 1. The number of nitrogens with zero attached hydrogens (tertiary/aromatic N) is 1. The van der Waals surface area contributed by atoms with Crippen LogP contribution in [0.4, 0.5) is 4.39 Å². The molecule has 0 fully saturated rings. The molecule has 0 saturated heterocycles. The van der Waals surface area contributed by atoms with Gasteiger partial charge in [0, 0.05) is 13.1 Å². The molecule has 0 bridgehead atoms. The molecule has 0 amide bonds. The van der Waals surface area contributed by atoms with Gasteiger partial charge in [0.15, 0.2) is 17.5 Å². The fraction of sp³-hybridized carbons (Fsp3) is 0.350. The van der Waals surface area contributed by atoms with Gasteiger partial charge in [-0.1, -0.05) is 18.2 Å². The molecule has 0 radical (unpaired) electrons. The number of ether oxygens (including phenoxy) is 1. The molecule has 0 heterocycles. The summed E-state index contributed by atoms with van der Waals surface area (Å²) in [6.45, 7) is 6.20. The number of hydrogen-bond acceptors (Lipinski definition) is 3. The number of nitrogens with one attached hydrogen (secondary N) is 2. The van der Waals surface area contributed by atoms with Crippen LogP contribution >= 0.6 is 24.0 Å². The molecule has 0 aliphatic carbocycles. The summed E-state index contributed by atoms with van der Waals surface area (Å²) in [7, 11) is 0. The SMILES string of the molecule is CCNC(=NCc1ccc(O)c(OCC)c1)NCCc1cccc(F)c1.I. The Morgan fingerprint density at radius 3 is 2.63 bits per heavy atom. The van der Waals surface area contributed by atoms with Crippen LogP contribution in [-0.2, 0) is 13.0 Å². The zero-order chi connectivity index (χ0) is 18.8. The van der Waals surface area contributed by atoms with E-state index in [2.05, 4.69) is 15.6 Å². The topological polar surface area (TPSA) is 65.9 Å². The Balaban J connectivity index is 0.00000364. The Bertz CT molecular complexity index is 741. The molecule has 0 aliphatic rings. The summed E-state index contributed by atoms with van der Waals surface area (Å²) in [5.74, 6) is 1.06. The normalized spacial score (nSPS) is 10.9. The van der Waals surface area contributed by atoms with Crippen LogP contribution in [0.15, 0.2) is 47.5 Å². The lowest BCUT2D eigenvalue weighted by atomic mass is 10.1. The highest BCUT2D eigenvalue weighted by molar-refractivity contribution is 14.0. The Morgan fingerprint density at radius 1 is 1.11 bits per heavy atom. The maximum absolute atomic E-state index is 13.2. The van der Waals surface area contributed by atoms with Crippen molar-refractivity contribution < 1.29 is 14.2 Å². The van der Waals surface area contributed by atoms with Crippen molar-refractivity contribution in [1.82, 2.24) is 10.6 Å². The third-order valence-electron chi connectivity index (χ3n) is 3.68. The first-order valence-corrected chi connectivity index (χ1v) is 8.83. The predicted molar refractivity (Wildman–Crippen MR) is 118 cm³/mol. The molecular weight excluding hydrogens is 460 g/mol. The van der Waals surface area contributed by atoms with E-state index in [9.17, 15) is 9.50 Å². The molecule has 0 aromatic heterocycles. The monoisotopic (exact) mass is 487 g/mol. The van der Waals surface area contributed by atoms with Gasteiger partial charge in [-0.3, -0.25) is 0 Å². The summed E-state index contributed by atoms with van der Waals surface area (Å²) in [5.41, 5.74) is 1.88. The Labute approximate surface area is 177 Å². The van der Waals surface area contributed by atoms with Crippen LogP contribution in [0.25, 0.3) is 0 Å². The lowest BCUT2D eigenvalue weighted by molar-refractivity contribution is 0.318. The van der Waals surface area contributed by atoms with Crippen molar-refractivity contribution in [2.75, 3.05) is 19.7 Å². The van der Waals surface area contributed by atoms with Gasteiger partial charge >= 0.3 is 0 Å². The molecule has 2 rings (SSSR count). The second-order valence-corrected chi connectivity index (χ2v) is 5.74. The molecule has 0 unspecified atom stereocenters. The van der Waals surface area contributed by atoms with Crippen molar-refractivity contribution in [2.45, 2.75) is 26.8 Å². The van der Waals surface area contributed by atoms with Gasteiger partial charge in [0.25, 0.3) is 0 Å². The van der Waals surface area contributed by atoms with Crippen molar-refractivity contribution in [1.29, 1.82) is 0 Å². The van der Waals surface area contributed by atoms with Crippen molar-refractivity contribution in [3.05, 3.63) is 59.4 Å². The Kier molecular flexibility index (Phi) is 10.5. The molecule has 0 spiro atoms. The highest BCUT2D eigenvalue weighted by Crippen LogP contribution is 2.27. The lowest BCUT2D eigenvalue weighted by Crippen LogP contribution is -2.38. The fourth-order valence-electron chi connectivity index (χ4n) is 2.46. The minimum absolute atomic E-state index is 0. The van der Waals surface area contributed by atoms with E-state index in [0.717, 1.165) is 17.7 Å². The molecule has 7 heteroatoms. The van der Waals surface area contributed by atoms with Gasteiger partial charge in [-0.25, -0.2) is 9.38 Å². The van der Waals surface area contributed by atoms with Crippen LogP contribution in [-0.4, -0.2) is 30.8 Å². The Morgan fingerprint density at radius 2 is 1.93 bits per heavy atom. The first kappa shape index (κ1) is 23.0. The van der Waals surface area contributed by atoms with E-state index in [1.165, 1.54) is 12.1 Å². The van der Waals surface area contributed by atoms with Gasteiger partial charge in [0.2, 0.25) is 0 Å². The van der Waals surface area contributed by atoms with E-state index in [1.54, 1.807) is 18.2 Å². The number of halogens is 2. The van der Waals surface area contributed by atoms with Crippen molar-refractivity contribution in [3.8, 4) is 11.5 Å². The fourth-order valence-corrected chi connectivity index (χ4v) is 2.46.